The Morgan fingerprint density at radius 2 is 1.47 bits per heavy atom. The maximum Gasteiger partial charge on any atom is 0.326 e. The Morgan fingerprint density at radius 1 is 0.898 bits per heavy atom. The van der Waals surface area contributed by atoms with Crippen LogP contribution in [0.5, 0.6) is 5.88 Å². The van der Waals surface area contributed by atoms with Gasteiger partial charge < -0.3 is 9.64 Å². The van der Waals surface area contributed by atoms with E-state index in [4.69, 9.17) is 37.9 Å². The molecule has 2 amide bonds. The molecule has 0 N–H and O–H groups in total. The lowest BCUT2D eigenvalue weighted by Gasteiger charge is -2.47. The molecule has 0 spiro atoms. The van der Waals surface area contributed by atoms with Gasteiger partial charge in [-0.3, -0.25) is 14.8 Å². The molecule has 2 aromatic carbocycles. The summed E-state index contributed by atoms with van der Waals surface area (Å²) in [5.74, 6) is 1.03. The summed E-state index contributed by atoms with van der Waals surface area (Å²) >= 11 is 12.8. The summed E-state index contributed by atoms with van der Waals surface area (Å²) in [6.07, 6.45) is 1.82. The fraction of sp³-hybridized carbons (Fsp3) is 0.486. The fourth-order valence-corrected chi connectivity index (χ4v) is 7.60. The van der Waals surface area contributed by atoms with Crippen molar-refractivity contribution in [2.45, 2.75) is 64.5 Å². The minimum atomic E-state index is -3.03. The van der Waals surface area contributed by atoms with E-state index in [2.05, 4.69) is 39.5 Å². The zero-order valence-corrected chi connectivity index (χ0v) is 31.8. The van der Waals surface area contributed by atoms with Gasteiger partial charge in [0, 0.05) is 53.6 Å². The van der Waals surface area contributed by atoms with E-state index in [1.807, 2.05) is 77.4 Å². The normalized spacial score (nSPS) is 21.9. The van der Waals surface area contributed by atoms with Crippen LogP contribution < -0.4 is 4.74 Å². The number of sulfone groups is 1. The van der Waals surface area contributed by atoms with E-state index in [1.54, 1.807) is 0 Å². The molecule has 264 valence electrons. The number of urea groups is 1. The zero-order valence-electron chi connectivity index (χ0n) is 29.5. The number of piperazine rings is 1. The summed E-state index contributed by atoms with van der Waals surface area (Å²) in [7, 11) is -3.03. The van der Waals surface area contributed by atoms with Crippen LogP contribution in [-0.2, 0) is 26.3 Å². The number of benzene rings is 2. The first-order valence-corrected chi connectivity index (χ1v) is 19.6. The maximum absolute atomic E-state index is 15.1. The highest BCUT2D eigenvalue weighted by Gasteiger charge is 2.60. The lowest BCUT2D eigenvalue weighted by atomic mass is 9.71. The van der Waals surface area contributed by atoms with Crippen LogP contribution in [0.3, 0.4) is 0 Å². The van der Waals surface area contributed by atoms with Crippen LogP contribution in [0.1, 0.15) is 70.3 Å². The smallest absolute Gasteiger partial charge is 0.326 e. The number of hydrogen-bond donors (Lipinski definition) is 0. The number of carbonyl (C=O) groups is 1. The molecular weight excluding hydrogens is 681 g/mol. The first-order valence-electron chi connectivity index (χ1n) is 16.7. The Balaban J connectivity index is 1.65. The Labute approximate surface area is 301 Å². The Hall–Kier alpha value is -3.18. The molecule has 2 aliphatic heterocycles. The van der Waals surface area contributed by atoms with E-state index < -0.39 is 20.9 Å². The van der Waals surface area contributed by atoms with Gasteiger partial charge in [0.1, 0.15) is 26.8 Å². The first kappa shape index (κ1) is 37.1. The number of pyridine rings is 1. The molecule has 0 saturated carbocycles. The fourth-order valence-electron chi connectivity index (χ4n) is 6.70. The summed E-state index contributed by atoms with van der Waals surface area (Å²) in [6, 6.07) is 19.0. The molecule has 0 radical (unpaired) electrons. The number of halogens is 2. The molecule has 9 nitrogen and oxygen atoms in total. The zero-order chi connectivity index (χ0) is 35.8. The summed E-state index contributed by atoms with van der Waals surface area (Å²) < 4.78 is 29.6. The van der Waals surface area contributed by atoms with E-state index in [-0.39, 0.29) is 17.2 Å². The Morgan fingerprint density at radius 3 is 2.00 bits per heavy atom. The van der Waals surface area contributed by atoms with Gasteiger partial charge in [-0.15, -0.1) is 0 Å². The summed E-state index contributed by atoms with van der Waals surface area (Å²) in [5.41, 5.74) is 0.999. The van der Waals surface area contributed by atoms with Gasteiger partial charge in [0.2, 0.25) is 5.88 Å². The van der Waals surface area contributed by atoms with Gasteiger partial charge in [0.25, 0.3) is 0 Å². The lowest BCUT2D eigenvalue weighted by Crippen LogP contribution is -2.60. The summed E-state index contributed by atoms with van der Waals surface area (Å²) in [4.78, 5) is 31.5. The minimum absolute atomic E-state index is 0.146. The Bertz CT molecular complexity index is 1800. The van der Waals surface area contributed by atoms with Crippen molar-refractivity contribution >= 4 is 44.9 Å². The van der Waals surface area contributed by atoms with Crippen LogP contribution in [0.2, 0.25) is 10.0 Å². The molecule has 49 heavy (non-hydrogen) atoms. The summed E-state index contributed by atoms with van der Waals surface area (Å²) in [5, 5.41) is 1.19. The molecular formula is C37H47Cl2N5O4S. The minimum Gasteiger partial charge on any atom is -0.477 e. The number of amides is 2. The van der Waals surface area contributed by atoms with E-state index in [1.165, 1.54) is 6.26 Å². The number of rotatable bonds is 9. The molecule has 5 rings (SSSR count). The molecule has 0 unspecified atom stereocenters. The first-order chi connectivity index (χ1) is 23.0. The monoisotopic (exact) mass is 727 g/mol. The average Bonchev–Trinajstić information content (AvgIpc) is 3.28. The third-order valence-electron chi connectivity index (χ3n) is 9.72. The number of carbonyl (C=O) groups excluding carboxylic acids is 1. The highest BCUT2D eigenvalue weighted by Crippen LogP contribution is 2.54. The Kier molecular flexibility index (Phi) is 10.8. The van der Waals surface area contributed by atoms with Crippen molar-refractivity contribution in [1.29, 1.82) is 0 Å². The summed E-state index contributed by atoms with van der Waals surface area (Å²) in [6.45, 7) is 15.6. The van der Waals surface area contributed by atoms with Crippen LogP contribution in [0.4, 0.5) is 4.79 Å². The number of amidine groups is 1. The van der Waals surface area contributed by atoms with Crippen molar-refractivity contribution in [2.75, 3.05) is 51.3 Å². The quantitative estimate of drug-likeness (QED) is 0.232. The number of aliphatic imine (C=N–C) groups is 1. The third-order valence-corrected chi connectivity index (χ3v) is 11.3. The lowest BCUT2D eigenvalue weighted by molar-refractivity contribution is 0.0868. The molecule has 3 aromatic rings. The molecule has 12 heteroatoms. The van der Waals surface area contributed by atoms with Crippen LogP contribution in [-0.4, -0.2) is 91.3 Å². The molecule has 1 fully saturated rings. The molecule has 1 aromatic heterocycles. The van der Waals surface area contributed by atoms with Crippen LogP contribution in [0, 0.1) is 0 Å². The van der Waals surface area contributed by atoms with Gasteiger partial charge in [-0.2, -0.15) is 0 Å². The van der Waals surface area contributed by atoms with Crippen molar-refractivity contribution in [3.05, 3.63) is 93.1 Å². The van der Waals surface area contributed by atoms with Crippen LogP contribution >= 0.6 is 23.2 Å². The van der Waals surface area contributed by atoms with Gasteiger partial charge in [-0.1, -0.05) is 68.2 Å². The maximum atomic E-state index is 15.1. The van der Waals surface area contributed by atoms with E-state index in [0.717, 1.165) is 16.8 Å². The number of nitrogens with zero attached hydrogens (tertiary/aromatic N) is 5. The number of aromatic nitrogens is 1. The predicted molar refractivity (Wildman–Crippen MR) is 198 cm³/mol. The highest BCUT2D eigenvalue weighted by molar-refractivity contribution is 7.90. The molecule has 2 atom stereocenters. The second kappa shape index (κ2) is 14.2. The van der Waals surface area contributed by atoms with E-state index >= 15 is 4.79 Å². The van der Waals surface area contributed by atoms with Crippen molar-refractivity contribution in [3.63, 3.8) is 0 Å². The van der Waals surface area contributed by atoms with Gasteiger partial charge in [0.15, 0.2) is 0 Å². The van der Waals surface area contributed by atoms with E-state index in [9.17, 15) is 8.42 Å². The van der Waals surface area contributed by atoms with Gasteiger partial charge in [-0.25, -0.2) is 18.2 Å². The molecule has 1 saturated heterocycles. The molecule has 3 heterocycles. The standard InChI is InChI=1S/C37H47Cl2N5O4S/c1-8-48-33-30(18-19-31(40-33)35(2,3)4)32-41-36(5,26-10-14-28(38)15-11-26)37(6,27-12-16-29(39)17-13-27)44(32)34(45)43-23-21-42(22-24-43)20-9-25-49(7,46)47/h10-19H,8-9,20-25H2,1-7H3/t36-,37+/m0/s1. The van der Waals surface area contributed by atoms with Crippen molar-refractivity contribution in [1.82, 2.24) is 19.7 Å². The number of hydrogen-bond acceptors (Lipinski definition) is 7. The predicted octanol–water partition coefficient (Wildman–Crippen LogP) is 7.15. The van der Waals surface area contributed by atoms with Gasteiger partial charge >= 0.3 is 6.03 Å². The van der Waals surface area contributed by atoms with Crippen LogP contribution in [0.25, 0.3) is 0 Å². The van der Waals surface area contributed by atoms with Crippen LogP contribution in [0.15, 0.2) is 65.7 Å². The second-order valence-electron chi connectivity index (χ2n) is 14.3. The van der Waals surface area contributed by atoms with Crippen molar-refractivity contribution in [3.8, 4) is 5.88 Å². The molecule has 0 bridgehead atoms. The van der Waals surface area contributed by atoms with Crippen molar-refractivity contribution in [2.24, 2.45) is 4.99 Å². The second-order valence-corrected chi connectivity index (χ2v) is 17.4. The molecule has 2 aliphatic rings. The highest BCUT2D eigenvalue weighted by atomic mass is 35.5. The SMILES string of the molecule is CCOc1nc(C(C)(C)C)ccc1C1=N[C@@](C)(c2ccc(Cl)cc2)[C@@](C)(c2ccc(Cl)cc2)N1C(=O)N1CCN(CCCS(C)(=O)=O)CC1. The number of ether oxygens (including phenoxy) is 1. The van der Waals surface area contributed by atoms with Gasteiger partial charge in [-0.05, 0) is 81.3 Å². The van der Waals surface area contributed by atoms with Crippen molar-refractivity contribution < 1.29 is 17.9 Å². The van der Waals surface area contributed by atoms with Gasteiger partial charge in [0.05, 0.1) is 17.9 Å². The molecule has 0 aliphatic carbocycles. The largest absolute Gasteiger partial charge is 0.477 e. The third kappa shape index (κ3) is 7.62. The average molecular weight is 729 g/mol. The topological polar surface area (TPSA) is 95.4 Å². The van der Waals surface area contributed by atoms with E-state index in [0.29, 0.717) is 73.1 Å².